The quantitative estimate of drug-likeness (QED) is 0.424. The average molecular weight is 127 g/mol. The average Bonchev–Trinajstić information content (AvgIpc) is 1.63. The zero-order chi connectivity index (χ0) is 7.28. The van der Waals surface area contributed by atoms with Crippen LogP contribution in [0.15, 0.2) is 24.6 Å². The van der Waals surface area contributed by atoms with Crippen LogP contribution in [0.25, 0.3) is 0 Å². The number of rotatable bonds is 2. The lowest BCUT2D eigenvalue weighted by atomic mass is 10.5. The lowest BCUT2D eigenvalue weighted by Crippen LogP contribution is -2.18. The molecule has 9 heavy (non-hydrogen) atoms. The number of amides is 1. The van der Waals surface area contributed by atoms with Crippen molar-refractivity contribution in [3.63, 3.8) is 0 Å². The molecule has 0 saturated heterocycles. The van der Waals surface area contributed by atoms with Gasteiger partial charge in [-0.1, -0.05) is 6.08 Å². The second-order valence-electron chi connectivity index (χ2n) is 1.44. The zero-order valence-electron chi connectivity index (χ0n) is 5.22. The van der Waals surface area contributed by atoms with Crippen molar-refractivity contribution in [3.05, 3.63) is 24.6 Å². The van der Waals surface area contributed by atoms with Gasteiger partial charge in [0.1, 0.15) is 0 Å². The zero-order valence-corrected chi connectivity index (χ0v) is 5.22. The summed E-state index contributed by atoms with van der Waals surface area (Å²) in [6.07, 6.45) is 2.86. The number of carbonyl (C=O) groups excluding carboxylic acids is 1. The topological polar surface area (TPSA) is 49.3 Å². The first-order chi connectivity index (χ1) is 4.16. The van der Waals surface area contributed by atoms with E-state index in [0.29, 0.717) is 0 Å². The maximum absolute atomic E-state index is 10.4. The van der Waals surface area contributed by atoms with Crippen LogP contribution in [-0.4, -0.2) is 11.0 Å². The van der Waals surface area contributed by atoms with Crippen LogP contribution in [0.5, 0.6) is 0 Å². The van der Waals surface area contributed by atoms with E-state index in [2.05, 4.69) is 11.9 Å². The summed E-state index contributed by atoms with van der Waals surface area (Å²) in [5.41, 5.74) is 0. The van der Waals surface area contributed by atoms with Crippen molar-refractivity contribution in [1.82, 2.24) is 5.32 Å². The molecular weight excluding hydrogens is 118 g/mol. The van der Waals surface area contributed by atoms with Gasteiger partial charge in [-0.05, 0) is 19.6 Å². The Hall–Kier alpha value is -1.25. The van der Waals surface area contributed by atoms with E-state index in [9.17, 15) is 4.79 Å². The fraction of sp³-hybridized carbons (Fsp3) is 0.167. The number of nitrogens with one attached hydrogen (secondary N) is 1. The van der Waals surface area contributed by atoms with E-state index in [0.717, 1.165) is 0 Å². The molecule has 0 radical (unpaired) electrons. The van der Waals surface area contributed by atoms with Gasteiger partial charge in [0.2, 0.25) is 5.91 Å². The van der Waals surface area contributed by atoms with Crippen LogP contribution in [0.4, 0.5) is 0 Å². The molecule has 0 unspecified atom stereocenters. The number of aliphatic hydroxyl groups excluding tert-OH is 1. The largest absolute Gasteiger partial charge is 0.495 e. The first-order valence-corrected chi connectivity index (χ1v) is 2.48. The van der Waals surface area contributed by atoms with Crippen molar-refractivity contribution >= 4 is 5.91 Å². The van der Waals surface area contributed by atoms with Crippen LogP contribution in [0, 0.1) is 0 Å². The molecule has 1 amide bonds. The SMILES string of the molecule is C=C(O)NC(=O)/C=C\C. The van der Waals surface area contributed by atoms with Crippen molar-refractivity contribution in [1.29, 1.82) is 0 Å². The van der Waals surface area contributed by atoms with Crippen molar-refractivity contribution in [2.75, 3.05) is 0 Å². The minimum absolute atomic E-state index is 0.335. The third-order valence-electron chi connectivity index (χ3n) is 0.586. The highest BCUT2D eigenvalue weighted by Crippen LogP contribution is 1.75. The molecule has 0 aliphatic rings. The molecule has 3 nitrogen and oxygen atoms in total. The highest BCUT2D eigenvalue weighted by Gasteiger charge is 1.91. The Morgan fingerprint density at radius 1 is 1.78 bits per heavy atom. The van der Waals surface area contributed by atoms with Crippen LogP contribution in [0.1, 0.15) is 6.92 Å². The highest BCUT2D eigenvalue weighted by molar-refractivity contribution is 5.88. The Bertz CT molecular complexity index is 149. The van der Waals surface area contributed by atoms with E-state index >= 15 is 0 Å². The van der Waals surface area contributed by atoms with Crippen LogP contribution >= 0.6 is 0 Å². The van der Waals surface area contributed by atoms with Gasteiger partial charge in [0.25, 0.3) is 0 Å². The summed E-state index contributed by atoms with van der Waals surface area (Å²) in [5, 5.41) is 10.5. The first-order valence-electron chi connectivity index (χ1n) is 2.48. The summed E-state index contributed by atoms with van der Waals surface area (Å²) < 4.78 is 0. The van der Waals surface area contributed by atoms with Crippen LogP contribution in [0.3, 0.4) is 0 Å². The monoisotopic (exact) mass is 127 g/mol. The maximum atomic E-state index is 10.4. The molecule has 0 heterocycles. The van der Waals surface area contributed by atoms with Crippen LogP contribution < -0.4 is 5.32 Å². The Kier molecular flexibility index (Phi) is 3.20. The molecule has 0 aliphatic heterocycles. The van der Waals surface area contributed by atoms with Gasteiger partial charge < -0.3 is 5.11 Å². The first kappa shape index (κ1) is 7.75. The molecule has 0 saturated carbocycles. The van der Waals surface area contributed by atoms with Gasteiger partial charge in [-0.15, -0.1) is 0 Å². The maximum Gasteiger partial charge on any atom is 0.250 e. The molecule has 0 spiro atoms. The van der Waals surface area contributed by atoms with Crippen LogP contribution in [0.2, 0.25) is 0 Å². The Labute approximate surface area is 53.7 Å². The Morgan fingerprint density at radius 2 is 2.33 bits per heavy atom. The molecule has 0 bridgehead atoms. The summed E-state index contributed by atoms with van der Waals surface area (Å²) in [5.74, 6) is -0.705. The van der Waals surface area contributed by atoms with E-state index < -0.39 is 0 Å². The predicted molar refractivity (Wildman–Crippen MR) is 34.7 cm³/mol. The molecule has 0 atom stereocenters. The standard InChI is InChI=1S/C6H9NO2/c1-3-4-6(9)7-5(2)8/h3-4,8H,2H2,1H3,(H,7,9)/b4-3-. The summed E-state index contributed by atoms with van der Waals surface area (Å²) in [6.45, 7) is 4.78. The molecule has 3 heteroatoms. The third-order valence-corrected chi connectivity index (χ3v) is 0.586. The van der Waals surface area contributed by atoms with Gasteiger partial charge in [-0.3, -0.25) is 10.1 Å². The van der Waals surface area contributed by atoms with E-state index in [1.807, 2.05) is 0 Å². The number of hydrogen-bond acceptors (Lipinski definition) is 2. The molecule has 2 N–H and O–H groups in total. The lowest BCUT2D eigenvalue weighted by Gasteiger charge is -1.94. The molecule has 0 aromatic heterocycles. The number of allylic oxidation sites excluding steroid dienone is 1. The molecule has 0 aliphatic carbocycles. The third kappa shape index (κ3) is 4.61. The number of carbonyl (C=O) groups is 1. The summed E-state index contributed by atoms with van der Waals surface area (Å²) in [6, 6.07) is 0. The fourth-order valence-corrected chi connectivity index (χ4v) is 0.335. The van der Waals surface area contributed by atoms with Gasteiger partial charge in [-0.2, -0.15) is 0 Å². The second kappa shape index (κ2) is 3.72. The van der Waals surface area contributed by atoms with E-state index in [1.165, 1.54) is 6.08 Å². The van der Waals surface area contributed by atoms with E-state index in [-0.39, 0.29) is 11.8 Å². The smallest absolute Gasteiger partial charge is 0.250 e. The van der Waals surface area contributed by atoms with Crippen molar-refractivity contribution in [2.24, 2.45) is 0 Å². The van der Waals surface area contributed by atoms with E-state index in [4.69, 9.17) is 5.11 Å². The van der Waals surface area contributed by atoms with Crippen molar-refractivity contribution in [3.8, 4) is 0 Å². The summed E-state index contributed by atoms with van der Waals surface area (Å²) in [4.78, 5) is 10.4. The van der Waals surface area contributed by atoms with Gasteiger partial charge in [-0.25, -0.2) is 0 Å². The number of aliphatic hydroxyl groups is 1. The van der Waals surface area contributed by atoms with Gasteiger partial charge >= 0.3 is 0 Å². The molecule has 0 rings (SSSR count). The van der Waals surface area contributed by atoms with Gasteiger partial charge in [0.15, 0.2) is 5.88 Å². The van der Waals surface area contributed by atoms with Crippen molar-refractivity contribution < 1.29 is 9.90 Å². The molecule has 0 fully saturated rings. The van der Waals surface area contributed by atoms with Crippen molar-refractivity contribution in [2.45, 2.75) is 6.92 Å². The predicted octanol–water partition coefficient (Wildman–Crippen LogP) is 0.708. The van der Waals surface area contributed by atoms with E-state index in [1.54, 1.807) is 13.0 Å². The summed E-state index contributed by atoms with van der Waals surface area (Å²) >= 11 is 0. The molecule has 0 aromatic rings. The van der Waals surface area contributed by atoms with Gasteiger partial charge in [0.05, 0.1) is 0 Å². The number of hydrogen-bond donors (Lipinski definition) is 2. The normalized spacial score (nSPS) is 9.44. The molecule has 0 aromatic carbocycles. The molecular formula is C6H9NO2. The fourth-order valence-electron chi connectivity index (χ4n) is 0.335. The Balaban J connectivity index is 3.64. The minimum atomic E-state index is -0.370. The molecule has 50 valence electrons. The second-order valence-corrected chi connectivity index (χ2v) is 1.44. The lowest BCUT2D eigenvalue weighted by molar-refractivity contribution is -0.116. The highest BCUT2D eigenvalue weighted by atomic mass is 16.3. The van der Waals surface area contributed by atoms with Crippen LogP contribution in [-0.2, 0) is 4.79 Å². The Morgan fingerprint density at radius 3 is 2.67 bits per heavy atom. The minimum Gasteiger partial charge on any atom is -0.495 e. The van der Waals surface area contributed by atoms with Gasteiger partial charge in [0, 0.05) is 0 Å². The summed E-state index contributed by atoms with van der Waals surface area (Å²) in [7, 11) is 0.